The van der Waals surface area contributed by atoms with Gasteiger partial charge in [0.15, 0.2) is 0 Å². The van der Waals surface area contributed by atoms with Crippen molar-refractivity contribution < 1.29 is 18.0 Å². The zero-order chi connectivity index (χ0) is 25.4. The van der Waals surface area contributed by atoms with Gasteiger partial charge in [-0.25, -0.2) is 8.42 Å². The number of nitrogens with one attached hydrogen (secondary N) is 1. The molecular weight excluding hydrogens is 486 g/mol. The Bertz CT molecular complexity index is 1250. The summed E-state index contributed by atoms with van der Waals surface area (Å²) in [6, 6.07) is 22.6. The minimum absolute atomic E-state index is 0.0409. The van der Waals surface area contributed by atoms with Crippen molar-refractivity contribution >= 4 is 39.1 Å². The summed E-state index contributed by atoms with van der Waals surface area (Å²) in [5, 5.41) is 3.07. The Morgan fingerprint density at radius 3 is 2.17 bits per heavy atom. The zero-order valence-electron chi connectivity index (χ0n) is 19.6. The molecule has 0 aliphatic carbocycles. The van der Waals surface area contributed by atoms with Crippen LogP contribution in [0.4, 0.5) is 5.69 Å². The first-order chi connectivity index (χ1) is 16.7. The number of amides is 2. The second kappa shape index (κ2) is 11.9. The fraction of sp³-hybridized carbons (Fsp3) is 0.231. The van der Waals surface area contributed by atoms with Crippen LogP contribution in [0.15, 0.2) is 89.8 Å². The number of carbonyl (C=O) groups excluding carboxylic acids is 2. The van der Waals surface area contributed by atoms with Crippen molar-refractivity contribution in [3.05, 3.63) is 95.5 Å². The minimum atomic E-state index is -4.10. The van der Waals surface area contributed by atoms with Crippen LogP contribution in [-0.2, 0) is 26.2 Å². The normalized spacial score (nSPS) is 12.0. The number of benzene rings is 3. The van der Waals surface area contributed by atoms with E-state index < -0.39 is 28.5 Å². The summed E-state index contributed by atoms with van der Waals surface area (Å²) in [5.74, 6) is -0.843. The summed E-state index contributed by atoms with van der Waals surface area (Å²) in [5.41, 5.74) is 1.07. The van der Waals surface area contributed by atoms with Crippen LogP contribution >= 0.6 is 11.6 Å². The van der Waals surface area contributed by atoms with Gasteiger partial charge in [0.2, 0.25) is 11.8 Å². The monoisotopic (exact) mass is 513 g/mol. The van der Waals surface area contributed by atoms with Crippen molar-refractivity contribution in [3.63, 3.8) is 0 Å². The number of carbonyl (C=O) groups is 2. The van der Waals surface area contributed by atoms with Gasteiger partial charge in [-0.05, 0) is 49.7 Å². The quantitative estimate of drug-likeness (QED) is 0.442. The third-order valence-corrected chi connectivity index (χ3v) is 7.44. The molecule has 9 heteroatoms. The van der Waals surface area contributed by atoms with Crippen molar-refractivity contribution in [2.75, 3.05) is 17.4 Å². The van der Waals surface area contributed by atoms with Gasteiger partial charge < -0.3 is 10.2 Å². The van der Waals surface area contributed by atoms with Crippen LogP contribution in [0.2, 0.25) is 5.02 Å². The molecule has 1 unspecified atom stereocenters. The summed E-state index contributed by atoms with van der Waals surface area (Å²) < 4.78 is 28.2. The topological polar surface area (TPSA) is 86.8 Å². The van der Waals surface area contributed by atoms with Crippen molar-refractivity contribution in [2.24, 2.45) is 0 Å². The lowest BCUT2D eigenvalue weighted by Crippen LogP contribution is -2.51. The van der Waals surface area contributed by atoms with E-state index in [9.17, 15) is 18.0 Å². The predicted molar refractivity (Wildman–Crippen MR) is 138 cm³/mol. The summed E-state index contributed by atoms with van der Waals surface area (Å²) in [6.07, 6.45) is 0. The lowest BCUT2D eigenvalue weighted by atomic mass is 10.1. The molecule has 0 aromatic heterocycles. The average molecular weight is 514 g/mol. The summed E-state index contributed by atoms with van der Waals surface area (Å²) >= 11 is 6.15. The highest BCUT2D eigenvalue weighted by molar-refractivity contribution is 7.92. The molecule has 0 saturated carbocycles. The standard InChI is InChI=1S/C26H28ClN3O4S/c1-3-28-26(32)20(2)29(18-21-11-6-4-7-12-21)25(31)19-30(23-14-10-13-22(27)17-23)35(33,34)24-15-8-5-9-16-24/h4-17,20H,3,18-19H2,1-2H3,(H,28,32). The molecule has 0 radical (unpaired) electrons. The number of nitrogens with zero attached hydrogens (tertiary/aromatic N) is 2. The third kappa shape index (κ3) is 6.61. The van der Waals surface area contributed by atoms with E-state index in [1.54, 1.807) is 50.2 Å². The molecule has 7 nitrogen and oxygen atoms in total. The number of halogens is 1. The molecule has 0 saturated heterocycles. The van der Waals surface area contributed by atoms with Crippen LogP contribution in [0.5, 0.6) is 0 Å². The Morgan fingerprint density at radius 1 is 0.943 bits per heavy atom. The first-order valence-electron chi connectivity index (χ1n) is 11.2. The smallest absolute Gasteiger partial charge is 0.264 e. The van der Waals surface area contributed by atoms with Crippen molar-refractivity contribution in [1.82, 2.24) is 10.2 Å². The lowest BCUT2D eigenvalue weighted by Gasteiger charge is -2.32. The number of hydrogen-bond acceptors (Lipinski definition) is 4. The molecule has 3 aromatic carbocycles. The van der Waals surface area contributed by atoms with Crippen molar-refractivity contribution in [3.8, 4) is 0 Å². The molecule has 0 heterocycles. The fourth-order valence-electron chi connectivity index (χ4n) is 3.56. The van der Waals surface area contributed by atoms with E-state index in [0.717, 1.165) is 9.87 Å². The van der Waals surface area contributed by atoms with E-state index in [1.807, 2.05) is 30.3 Å². The van der Waals surface area contributed by atoms with E-state index in [1.165, 1.54) is 23.1 Å². The first-order valence-corrected chi connectivity index (χ1v) is 13.0. The average Bonchev–Trinajstić information content (AvgIpc) is 2.86. The molecule has 0 spiro atoms. The first kappa shape index (κ1) is 26.2. The molecule has 1 N–H and O–H groups in total. The van der Waals surface area contributed by atoms with Crippen molar-refractivity contribution in [1.29, 1.82) is 0 Å². The highest BCUT2D eigenvalue weighted by Gasteiger charge is 2.32. The van der Waals surface area contributed by atoms with E-state index in [0.29, 0.717) is 11.6 Å². The Kier molecular flexibility index (Phi) is 8.89. The second-order valence-corrected chi connectivity index (χ2v) is 10.2. The van der Waals surface area contributed by atoms with Crippen LogP contribution in [0.3, 0.4) is 0 Å². The van der Waals surface area contributed by atoms with Crippen LogP contribution in [-0.4, -0.2) is 44.3 Å². The maximum Gasteiger partial charge on any atom is 0.264 e. The summed E-state index contributed by atoms with van der Waals surface area (Å²) in [7, 11) is -4.10. The molecule has 184 valence electrons. The molecule has 3 aromatic rings. The molecule has 0 aliphatic heterocycles. The zero-order valence-corrected chi connectivity index (χ0v) is 21.2. The van der Waals surface area contributed by atoms with Crippen LogP contribution in [0, 0.1) is 0 Å². The Balaban J connectivity index is 2.01. The molecule has 3 rings (SSSR count). The number of rotatable bonds is 10. The molecule has 35 heavy (non-hydrogen) atoms. The summed E-state index contributed by atoms with van der Waals surface area (Å²) in [4.78, 5) is 27.7. The van der Waals surface area contributed by atoms with Crippen LogP contribution in [0.1, 0.15) is 19.4 Å². The molecule has 1 atom stereocenters. The van der Waals surface area contributed by atoms with Gasteiger partial charge in [-0.1, -0.05) is 66.2 Å². The maximum atomic E-state index is 13.7. The summed E-state index contributed by atoms with van der Waals surface area (Å²) in [6.45, 7) is 3.47. The van der Waals surface area contributed by atoms with Gasteiger partial charge in [0.1, 0.15) is 12.6 Å². The van der Waals surface area contributed by atoms with Gasteiger partial charge in [0.25, 0.3) is 10.0 Å². The van der Waals surface area contributed by atoms with Crippen LogP contribution in [0.25, 0.3) is 0 Å². The minimum Gasteiger partial charge on any atom is -0.355 e. The number of likely N-dealkylation sites (N-methyl/N-ethyl adjacent to an activating group) is 1. The van der Waals surface area contributed by atoms with Crippen molar-refractivity contribution in [2.45, 2.75) is 31.3 Å². The van der Waals surface area contributed by atoms with Gasteiger partial charge in [-0.2, -0.15) is 0 Å². The number of sulfonamides is 1. The second-order valence-electron chi connectivity index (χ2n) is 7.88. The van der Waals surface area contributed by atoms with E-state index >= 15 is 0 Å². The lowest BCUT2D eigenvalue weighted by molar-refractivity contribution is -0.139. The highest BCUT2D eigenvalue weighted by atomic mass is 35.5. The SMILES string of the molecule is CCNC(=O)C(C)N(Cc1ccccc1)C(=O)CN(c1cccc(Cl)c1)S(=O)(=O)c1ccccc1. The van der Waals surface area contributed by atoms with E-state index in [2.05, 4.69) is 5.32 Å². The van der Waals surface area contributed by atoms with E-state index in [4.69, 9.17) is 11.6 Å². The number of hydrogen-bond donors (Lipinski definition) is 1. The highest BCUT2D eigenvalue weighted by Crippen LogP contribution is 2.26. The molecular formula is C26H28ClN3O4S. The van der Waals surface area contributed by atoms with Gasteiger partial charge in [-0.15, -0.1) is 0 Å². The maximum absolute atomic E-state index is 13.7. The Labute approximate surface area is 211 Å². The molecule has 0 fully saturated rings. The predicted octanol–water partition coefficient (Wildman–Crippen LogP) is 4.09. The van der Waals surface area contributed by atoms with Gasteiger partial charge in [-0.3, -0.25) is 13.9 Å². The molecule has 2 amide bonds. The Morgan fingerprint density at radius 2 is 1.57 bits per heavy atom. The third-order valence-electron chi connectivity index (χ3n) is 5.42. The fourth-order valence-corrected chi connectivity index (χ4v) is 5.18. The van der Waals surface area contributed by atoms with E-state index in [-0.39, 0.29) is 23.0 Å². The Hall–Kier alpha value is -3.36. The number of anilines is 1. The largest absolute Gasteiger partial charge is 0.355 e. The van der Waals surface area contributed by atoms with Crippen LogP contribution < -0.4 is 9.62 Å². The van der Waals surface area contributed by atoms with Gasteiger partial charge in [0.05, 0.1) is 10.6 Å². The van der Waals surface area contributed by atoms with Gasteiger partial charge in [0, 0.05) is 18.1 Å². The molecule has 0 bridgehead atoms. The molecule has 0 aliphatic rings. The van der Waals surface area contributed by atoms with Gasteiger partial charge >= 0.3 is 0 Å².